The van der Waals surface area contributed by atoms with Crippen molar-refractivity contribution in [2.45, 2.75) is 32.0 Å². The molecule has 0 bridgehead atoms. The zero-order chi connectivity index (χ0) is 14.8. The molecule has 1 aromatic carbocycles. The van der Waals surface area contributed by atoms with Crippen molar-refractivity contribution < 1.29 is 13.2 Å². The van der Waals surface area contributed by atoms with Gasteiger partial charge >= 0.3 is 6.18 Å². The van der Waals surface area contributed by atoms with E-state index >= 15 is 0 Å². The van der Waals surface area contributed by atoms with E-state index in [1.807, 2.05) is 6.92 Å². The van der Waals surface area contributed by atoms with E-state index in [4.69, 9.17) is 5.73 Å². The maximum Gasteiger partial charge on any atom is 0.416 e. The maximum absolute atomic E-state index is 12.5. The van der Waals surface area contributed by atoms with Gasteiger partial charge in [0.1, 0.15) is 0 Å². The van der Waals surface area contributed by atoms with Crippen LogP contribution in [0.5, 0.6) is 0 Å². The Bertz CT molecular complexity index is 563. The Morgan fingerprint density at radius 1 is 1.25 bits per heavy atom. The van der Waals surface area contributed by atoms with Crippen LogP contribution in [0.3, 0.4) is 0 Å². The van der Waals surface area contributed by atoms with Crippen LogP contribution < -0.4 is 5.73 Å². The van der Waals surface area contributed by atoms with Gasteiger partial charge in [-0.25, -0.2) is 0 Å². The Labute approximate surface area is 118 Å². The summed E-state index contributed by atoms with van der Waals surface area (Å²) in [7, 11) is 0. The van der Waals surface area contributed by atoms with E-state index in [0.717, 1.165) is 35.5 Å². The fourth-order valence-corrected chi connectivity index (χ4v) is 2.62. The molecule has 1 aromatic heterocycles. The Hall–Kier alpha value is -1.47. The van der Waals surface area contributed by atoms with E-state index < -0.39 is 17.8 Å². The van der Waals surface area contributed by atoms with Crippen LogP contribution in [-0.4, -0.2) is 9.59 Å². The minimum atomic E-state index is -4.33. The van der Waals surface area contributed by atoms with Gasteiger partial charge in [0, 0.05) is 0 Å². The SMILES string of the molecule is CCCc1nnsc1C(N)c1ccc(C(F)(F)F)cc1. The smallest absolute Gasteiger partial charge is 0.320 e. The van der Waals surface area contributed by atoms with E-state index in [-0.39, 0.29) is 0 Å². The van der Waals surface area contributed by atoms with Crippen molar-refractivity contribution in [3.8, 4) is 0 Å². The summed E-state index contributed by atoms with van der Waals surface area (Å²) in [6.07, 6.45) is -2.65. The van der Waals surface area contributed by atoms with E-state index in [1.165, 1.54) is 23.7 Å². The van der Waals surface area contributed by atoms with E-state index in [9.17, 15) is 13.2 Å². The molecule has 0 aliphatic carbocycles. The summed E-state index contributed by atoms with van der Waals surface area (Å²) in [6, 6.07) is 4.41. The number of halogens is 3. The number of benzene rings is 1. The van der Waals surface area contributed by atoms with Crippen LogP contribution in [0.25, 0.3) is 0 Å². The number of nitrogens with two attached hydrogens (primary N) is 1. The van der Waals surface area contributed by atoms with Crippen LogP contribution >= 0.6 is 11.5 Å². The molecule has 108 valence electrons. The molecular weight excluding hydrogens is 287 g/mol. The third kappa shape index (κ3) is 3.16. The molecule has 0 spiro atoms. The zero-order valence-electron chi connectivity index (χ0n) is 10.8. The second-order valence-electron chi connectivity index (χ2n) is 4.43. The lowest BCUT2D eigenvalue weighted by atomic mass is 10.0. The molecule has 7 heteroatoms. The number of nitrogens with zero attached hydrogens (tertiary/aromatic N) is 2. The number of aryl methyl sites for hydroxylation is 1. The average Bonchev–Trinajstić information content (AvgIpc) is 2.86. The van der Waals surface area contributed by atoms with Gasteiger partial charge in [-0.05, 0) is 35.6 Å². The van der Waals surface area contributed by atoms with Crippen molar-refractivity contribution in [1.82, 2.24) is 9.59 Å². The van der Waals surface area contributed by atoms with Crippen LogP contribution in [-0.2, 0) is 12.6 Å². The second-order valence-corrected chi connectivity index (χ2v) is 5.22. The Balaban J connectivity index is 2.25. The molecule has 2 aromatic rings. The predicted molar refractivity (Wildman–Crippen MR) is 71.4 cm³/mol. The number of rotatable bonds is 4. The standard InChI is InChI=1S/C13H14F3N3S/c1-2-3-10-12(20-19-18-10)11(17)8-4-6-9(7-5-8)13(14,15)16/h4-7,11H,2-3,17H2,1H3. The highest BCUT2D eigenvalue weighted by Gasteiger charge is 2.30. The molecule has 0 radical (unpaired) electrons. The maximum atomic E-state index is 12.5. The highest BCUT2D eigenvalue weighted by molar-refractivity contribution is 7.05. The fraction of sp³-hybridized carbons (Fsp3) is 0.385. The van der Waals surface area contributed by atoms with Gasteiger partial charge in [0.2, 0.25) is 0 Å². The number of aromatic nitrogens is 2. The Kier molecular flexibility index (Phi) is 4.39. The Morgan fingerprint density at radius 2 is 1.90 bits per heavy atom. The molecule has 0 saturated heterocycles. The first-order valence-electron chi connectivity index (χ1n) is 6.17. The highest BCUT2D eigenvalue weighted by atomic mass is 32.1. The Morgan fingerprint density at radius 3 is 2.45 bits per heavy atom. The van der Waals surface area contributed by atoms with Crippen molar-refractivity contribution in [3.05, 3.63) is 46.0 Å². The minimum absolute atomic E-state index is 0.487. The molecule has 20 heavy (non-hydrogen) atoms. The third-order valence-corrected chi connectivity index (χ3v) is 3.80. The largest absolute Gasteiger partial charge is 0.416 e. The molecule has 0 amide bonds. The van der Waals surface area contributed by atoms with Crippen molar-refractivity contribution in [2.24, 2.45) is 5.73 Å². The molecule has 0 aliphatic rings. The lowest BCUT2D eigenvalue weighted by Gasteiger charge is -2.13. The quantitative estimate of drug-likeness (QED) is 0.939. The number of alkyl halides is 3. The summed E-state index contributed by atoms with van der Waals surface area (Å²) in [6.45, 7) is 2.02. The first-order valence-corrected chi connectivity index (χ1v) is 6.94. The predicted octanol–water partition coefficient (Wildman–Crippen LogP) is 3.56. The van der Waals surface area contributed by atoms with Gasteiger partial charge in [-0.1, -0.05) is 30.0 Å². The molecule has 1 heterocycles. The minimum Gasteiger partial charge on any atom is -0.320 e. The summed E-state index contributed by atoms with van der Waals surface area (Å²) in [5.74, 6) is 0. The first kappa shape index (κ1) is 14.9. The summed E-state index contributed by atoms with van der Waals surface area (Å²) in [4.78, 5) is 0.812. The number of hydrogen-bond acceptors (Lipinski definition) is 4. The van der Waals surface area contributed by atoms with Crippen LogP contribution in [0.1, 0.15) is 41.1 Å². The summed E-state index contributed by atoms with van der Waals surface area (Å²) in [5, 5.41) is 4.02. The molecule has 0 fully saturated rings. The summed E-state index contributed by atoms with van der Waals surface area (Å²) < 4.78 is 41.4. The summed E-state index contributed by atoms with van der Waals surface area (Å²) in [5.41, 5.74) is 6.87. The van der Waals surface area contributed by atoms with Crippen LogP contribution in [0.4, 0.5) is 13.2 Å². The fourth-order valence-electron chi connectivity index (χ4n) is 1.89. The number of hydrogen-bond donors (Lipinski definition) is 1. The van der Waals surface area contributed by atoms with Gasteiger partial charge in [-0.3, -0.25) is 0 Å². The van der Waals surface area contributed by atoms with Crippen LogP contribution in [0.2, 0.25) is 0 Å². The van der Waals surface area contributed by atoms with Crippen LogP contribution in [0, 0.1) is 0 Å². The van der Waals surface area contributed by atoms with Crippen molar-refractivity contribution >= 4 is 11.5 Å². The molecule has 2 N–H and O–H groups in total. The van der Waals surface area contributed by atoms with E-state index in [1.54, 1.807) is 0 Å². The molecule has 1 atom stereocenters. The zero-order valence-corrected chi connectivity index (χ0v) is 11.6. The lowest BCUT2D eigenvalue weighted by molar-refractivity contribution is -0.137. The highest BCUT2D eigenvalue weighted by Crippen LogP contribution is 2.31. The van der Waals surface area contributed by atoms with Gasteiger partial charge in [0.15, 0.2) is 0 Å². The monoisotopic (exact) mass is 301 g/mol. The average molecular weight is 301 g/mol. The normalized spacial score (nSPS) is 13.4. The van der Waals surface area contributed by atoms with Gasteiger partial charge in [-0.15, -0.1) is 5.10 Å². The third-order valence-electron chi connectivity index (χ3n) is 2.95. The van der Waals surface area contributed by atoms with Gasteiger partial charge in [0.25, 0.3) is 0 Å². The van der Waals surface area contributed by atoms with Crippen molar-refractivity contribution in [3.63, 3.8) is 0 Å². The first-order chi connectivity index (χ1) is 9.43. The van der Waals surface area contributed by atoms with Gasteiger partial charge < -0.3 is 5.73 Å². The van der Waals surface area contributed by atoms with Gasteiger partial charge in [-0.2, -0.15) is 13.2 Å². The van der Waals surface area contributed by atoms with Crippen molar-refractivity contribution in [2.75, 3.05) is 0 Å². The molecule has 2 rings (SSSR count). The van der Waals surface area contributed by atoms with E-state index in [2.05, 4.69) is 9.59 Å². The molecule has 3 nitrogen and oxygen atoms in total. The lowest BCUT2D eigenvalue weighted by Crippen LogP contribution is -2.13. The van der Waals surface area contributed by atoms with Crippen molar-refractivity contribution in [1.29, 1.82) is 0 Å². The van der Waals surface area contributed by atoms with E-state index in [0.29, 0.717) is 5.56 Å². The van der Waals surface area contributed by atoms with Crippen LogP contribution in [0.15, 0.2) is 24.3 Å². The molecule has 1 unspecified atom stereocenters. The van der Waals surface area contributed by atoms with Gasteiger partial charge in [0.05, 0.1) is 22.2 Å². The second kappa shape index (κ2) is 5.88. The topological polar surface area (TPSA) is 51.8 Å². The molecule has 0 saturated carbocycles. The molecule has 0 aliphatic heterocycles. The molecular formula is C13H14F3N3S. The summed E-state index contributed by atoms with van der Waals surface area (Å²) >= 11 is 1.19.